The summed E-state index contributed by atoms with van der Waals surface area (Å²) in [6, 6.07) is 12.7. The van der Waals surface area contributed by atoms with E-state index in [2.05, 4.69) is 15.2 Å². The van der Waals surface area contributed by atoms with Crippen molar-refractivity contribution in [1.82, 2.24) is 20.5 Å². The lowest BCUT2D eigenvalue weighted by Gasteiger charge is -2.35. The maximum atomic E-state index is 14.1. The van der Waals surface area contributed by atoms with Crippen molar-refractivity contribution in [2.24, 2.45) is 23.3 Å². The Kier molecular flexibility index (Phi) is 11.5. The molecular weight excluding hydrogens is 647 g/mol. The molecule has 1 unspecified atom stereocenters. The molecular formula is C34H39ClF3N7O3. The molecule has 3 amide bonds. The van der Waals surface area contributed by atoms with E-state index in [-0.39, 0.29) is 36.3 Å². The van der Waals surface area contributed by atoms with Crippen molar-refractivity contribution in [3.05, 3.63) is 77.7 Å². The lowest BCUT2D eigenvalue weighted by molar-refractivity contribution is -0.149. The van der Waals surface area contributed by atoms with E-state index < -0.39 is 30.1 Å². The number of hydrogen-bond donors (Lipinski definition) is 4. The maximum Gasteiger partial charge on any atom is 0.408 e. The summed E-state index contributed by atoms with van der Waals surface area (Å²) in [5, 5.41) is 9.78. The number of pyridine rings is 1. The summed E-state index contributed by atoms with van der Waals surface area (Å²) in [7, 11) is 0. The van der Waals surface area contributed by atoms with E-state index in [1.165, 1.54) is 11.0 Å². The van der Waals surface area contributed by atoms with Gasteiger partial charge in [0.15, 0.2) is 0 Å². The Hall–Kier alpha value is -4.49. The molecule has 2 aromatic heterocycles. The van der Waals surface area contributed by atoms with Crippen molar-refractivity contribution in [2.75, 3.05) is 11.4 Å². The van der Waals surface area contributed by atoms with Crippen LogP contribution >= 0.6 is 12.4 Å². The highest BCUT2D eigenvalue weighted by molar-refractivity contribution is 6.03. The standard InChI is InChI=1S/C34H38F3N7O3.ClH/c1-19-27(13-14-28(41-19)32(46)42-20(2)34(35,36)37)23-7-3-21(4-8-23)15-30(31(39)45)44(26-12-11-25-18-40-43-29(25)16-26)33(47)24-9-5-22(17-38)6-10-24;/h3-4,7-8,11-14,16,18,20,22,24,30H,5-6,9-10,15,17,38H2,1-2H3,(H2,39,45)(H,40,43)(H,42,46);1H/t20?,22-,24-,30-;/m0./s1. The lowest BCUT2D eigenvalue weighted by atomic mass is 9.81. The van der Waals surface area contributed by atoms with E-state index in [9.17, 15) is 27.6 Å². The first-order valence-corrected chi connectivity index (χ1v) is 15.6. The smallest absolute Gasteiger partial charge is 0.368 e. The zero-order valence-corrected chi connectivity index (χ0v) is 27.4. The highest BCUT2D eigenvalue weighted by Gasteiger charge is 2.38. The number of alkyl halides is 3. The number of rotatable bonds is 10. The average Bonchev–Trinajstić information content (AvgIpc) is 3.52. The molecule has 48 heavy (non-hydrogen) atoms. The number of carbonyl (C=O) groups excluding carboxylic acids is 3. The minimum Gasteiger partial charge on any atom is -0.368 e. The van der Waals surface area contributed by atoms with Gasteiger partial charge >= 0.3 is 6.18 Å². The number of H-pyrrole nitrogens is 1. The van der Waals surface area contributed by atoms with Crippen molar-refractivity contribution < 1.29 is 27.6 Å². The van der Waals surface area contributed by atoms with Crippen molar-refractivity contribution >= 4 is 46.7 Å². The zero-order valence-electron chi connectivity index (χ0n) is 26.6. The lowest BCUT2D eigenvalue weighted by Crippen LogP contribution is -2.52. The molecule has 2 atom stereocenters. The minimum absolute atomic E-state index is 0. The fraction of sp³-hybridized carbons (Fsp3) is 0.382. The third kappa shape index (κ3) is 8.13. The van der Waals surface area contributed by atoms with Gasteiger partial charge in [-0.1, -0.05) is 30.3 Å². The van der Waals surface area contributed by atoms with Gasteiger partial charge in [0, 0.05) is 34.7 Å². The Labute approximate surface area is 282 Å². The van der Waals surface area contributed by atoms with Gasteiger partial charge < -0.3 is 16.8 Å². The molecule has 1 aliphatic carbocycles. The van der Waals surface area contributed by atoms with Gasteiger partial charge in [-0.05, 0) is 87.4 Å². The zero-order chi connectivity index (χ0) is 33.9. The van der Waals surface area contributed by atoms with Crippen LogP contribution in [0.5, 0.6) is 0 Å². The molecule has 14 heteroatoms. The summed E-state index contributed by atoms with van der Waals surface area (Å²) in [6.45, 7) is 3.11. The summed E-state index contributed by atoms with van der Waals surface area (Å²) in [5.41, 5.74) is 15.6. The number of amides is 3. The normalized spacial score (nSPS) is 17.6. The van der Waals surface area contributed by atoms with Gasteiger partial charge in [0.2, 0.25) is 11.8 Å². The van der Waals surface area contributed by atoms with Crippen LogP contribution in [0.25, 0.3) is 22.0 Å². The summed E-state index contributed by atoms with van der Waals surface area (Å²) in [6.07, 6.45) is 0.319. The van der Waals surface area contributed by atoms with Crippen LogP contribution in [0.1, 0.15) is 54.4 Å². The fourth-order valence-electron chi connectivity index (χ4n) is 6.09. The average molecular weight is 686 g/mol. The number of hydrogen-bond acceptors (Lipinski definition) is 6. The number of fused-ring (bicyclic) bond motifs is 1. The molecule has 1 aliphatic rings. The number of nitrogens with zero attached hydrogens (tertiary/aromatic N) is 3. The van der Waals surface area contributed by atoms with Crippen LogP contribution in [-0.2, 0) is 16.0 Å². The first-order valence-electron chi connectivity index (χ1n) is 15.6. The van der Waals surface area contributed by atoms with E-state index >= 15 is 0 Å². The molecule has 2 aromatic carbocycles. The number of benzene rings is 2. The summed E-state index contributed by atoms with van der Waals surface area (Å²) in [4.78, 5) is 45.3. The Morgan fingerprint density at radius 1 is 1.04 bits per heavy atom. The molecule has 0 bridgehead atoms. The molecule has 0 saturated heterocycles. The van der Waals surface area contributed by atoms with Gasteiger partial charge in [0.05, 0.1) is 11.7 Å². The van der Waals surface area contributed by atoms with E-state index in [1.54, 1.807) is 31.3 Å². The molecule has 5 rings (SSSR count). The molecule has 10 nitrogen and oxygen atoms in total. The first-order chi connectivity index (χ1) is 22.3. The van der Waals surface area contributed by atoms with Crippen LogP contribution in [0, 0.1) is 18.8 Å². The van der Waals surface area contributed by atoms with Crippen molar-refractivity contribution in [2.45, 2.75) is 64.2 Å². The number of aromatic nitrogens is 3. The molecule has 0 radical (unpaired) electrons. The topological polar surface area (TPSA) is 160 Å². The Balaban J connectivity index is 0.00000520. The Bertz CT molecular complexity index is 1750. The van der Waals surface area contributed by atoms with Gasteiger partial charge in [-0.15, -0.1) is 12.4 Å². The molecule has 4 aromatic rings. The second-order valence-electron chi connectivity index (χ2n) is 12.2. The van der Waals surface area contributed by atoms with Crippen LogP contribution in [0.3, 0.4) is 0 Å². The Morgan fingerprint density at radius 2 is 1.73 bits per heavy atom. The van der Waals surface area contributed by atoms with E-state index in [1.807, 2.05) is 35.6 Å². The van der Waals surface area contributed by atoms with Gasteiger partial charge in [0.25, 0.3) is 5.91 Å². The molecule has 6 N–H and O–H groups in total. The third-order valence-corrected chi connectivity index (χ3v) is 8.96. The van der Waals surface area contributed by atoms with Gasteiger partial charge in [-0.3, -0.25) is 24.4 Å². The van der Waals surface area contributed by atoms with Crippen molar-refractivity contribution in [1.29, 1.82) is 0 Å². The van der Waals surface area contributed by atoms with Crippen molar-refractivity contribution in [3.63, 3.8) is 0 Å². The molecule has 1 saturated carbocycles. The SMILES string of the molecule is Cc1nc(C(=O)NC(C)C(F)(F)F)ccc1-c1ccc(C[C@@H](C(N)=O)N(c2ccc3cn[nH]c3c2)C(=O)[C@H]2CC[C@H](CN)CC2)cc1.Cl. The number of halogens is 4. The monoisotopic (exact) mass is 685 g/mol. The number of anilines is 1. The maximum absolute atomic E-state index is 14.1. The predicted molar refractivity (Wildman–Crippen MR) is 179 cm³/mol. The molecule has 2 heterocycles. The first kappa shape index (κ1) is 36.3. The quantitative estimate of drug-likeness (QED) is 0.179. The number of nitrogens with two attached hydrogens (primary N) is 2. The highest BCUT2D eigenvalue weighted by atomic mass is 35.5. The van der Waals surface area contributed by atoms with Crippen LogP contribution in [0.15, 0.2) is 60.8 Å². The van der Waals surface area contributed by atoms with Gasteiger partial charge in [-0.2, -0.15) is 18.3 Å². The number of aryl methyl sites for hydroxylation is 1. The van der Waals surface area contributed by atoms with E-state index in [0.29, 0.717) is 42.2 Å². The highest BCUT2D eigenvalue weighted by Crippen LogP contribution is 2.33. The predicted octanol–water partition coefficient (Wildman–Crippen LogP) is 5.23. The van der Waals surface area contributed by atoms with Crippen LogP contribution in [-0.4, -0.2) is 57.7 Å². The molecule has 0 spiro atoms. The minimum atomic E-state index is -4.57. The number of carbonyl (C=O) groups is 3. The van der Waals surface area contributed by atoms with Crippen LogP contribution < -0.4 is 21.7 Å². The summed E-state index contributed by atoms with van der Waals surface area (Å²) in [5.74, 6) is -1.61. The number of nitrogens with one attached hydrogen (secondary N) is 2. The molecule has 1 fully saturated rings. The summed E-state index contributed by atoms with van der Waals surface area (Å²) < 4.78 is 38.6. The van der Waals surface area contributed by atoms with Crippen LogP contribution in [0.2, 0.25) is 0 Å². The van der Waals surface area contributed by atoms with Gasteiger partial charge in [0.1, 0.15) is 17.8 Å². The molecule has 0 aliphatic heterocycles. The van der Waals surface area contributed by atoms with E-state index in [4.69, 9.17) is 11.5 Å². The second-order valence-corrected chi connectivity index (χ2v) is 12.2. The second kappa shape index (κ2) is 15.2. The molecule has 256 valence electrons. The fourth-order valence-corrected chi connectivity index (χ4v) is 6.09. The van der Waals surface area contributed by atoms with Crippen LogP contribution in [0.4, 0.5) is 18.9 Å². The number of aromatic amines is 1. The third-order valence-electron chi connectivity index (χ3n) is 8.96. The van der Waals surface area contributed by atoms with Gasteiger partial charge in [-0.25, -0.2) is 4.98 Å². The van der Waals surface area contributed by atoms with E-state index in [0.717, 1.165) is 41.8 Å². The Morgan fingerprint density at radius 3 is 2.33 bits per heavy atom. The largest absolute Gasteiger partial charge is 0.408 e. The number of primary amides is 1. The summed E-state index contributed by atoms with van der Waals surface area (Å²) >= 11 is 0. The van der Waals surface area contributed by atoms with Crippen molar-refractivity contribution in [3.8, 4) is 11.1 Å².